The minimum atomic E-state index is 0.255. The number of nitrogens with zero attached hydrogens (tertiary/aromatic N) is 1. The van der Waals surface area contributed by atoms with Crippen molar-refractivity contribution in [3.63, 3.8) is 0 Å². The Bertz CT molecular complexity index is 640. The van der Waals surface area contributed by atoms with Gasteiger partial charge < -0.3 is 14.1 Å². The molecule has 1 fully saturated rings. The van der Waals surface area contributed by atoms with Gasteiger partial charge in [-0.3, -0.25) is 4.79 Å². The molecule has 1 aromatic heterocycles. The first kappa shape index (κ1) is 17.6. The predicted octanol–water partition coefficient (Wildman–Crippen LogP) is 4.09. The molecule has 3 rings (SSSR count). The molecule has 1 aromatic carbocycles. The maximum Gasteiger partial charge on any atom is 0.223 e. The van der Waals surface area contributed by atoms with E-state index in [0.29, 0.717) is 12.8 Å². The van der Waals surface area contributed by atoms with E-state index in [-0.39, 0.29) is 5.91 Å². The minimum absolute atomic E-state index is 0.255. The minimum Gasteiger partial charge on any atom is -0.497 e. The molecule has 25 heavy (non-hydrogen) atoms. The van der Waals surface area contributed by atoms with Crippen molar-refractivity contribution in [3.05, 3.63) is 54.0 Å². The zero-order valence-corrected chi connectivity index (χ0v) is 14.9. The van der Waals surface area contributed by atoms with Crippen LogP contribution in [0.3, 0.4) is 0 Å². The Morgan fingerprint density at radius 3 is 2.56 bits per heavy atom. The molecule has 2 aromatic rings. The Labute approximate surface area is 149 Å². The van der Waals surface area contributed by atoms with Crippen molar-refractivity contribution >= 4 is 5.91 Å². The van der Waals surface area contributed by atoms with Gasteiger partial charge in [0.25, 0.3) is 0 Å². The summed E-state index contributed by atoms with van der Waals surface area (Å²) in [6.45, 7) is 1.79. The Morgan fingerprint density at radius 2 is 1.92 bits per heavy atom. The molecular formula is C21H27NO3. The lowest BCUT2D eigenvalue weighted by Gasteiger charge is -2.32. The summed E-state index contributed by atoms with van der Waals surface area (Å²) in [6.07, 6.45) is 7.43. The molecule has 0 N–H and O–H groups in total. The molecule has 4 nitrogen and oxygen atoms in total. The number of hydrogen-bond acceptors (Lipinski definition) is 3. The van der Waals surface area contributed by atoms with Crippen molar-refractivity contribution in [2.45, 2.75) is 38.5 Å². The summed E-state index contributed by atoms with van der Waals surface area (Å²) in [6, 6.07) is 12.1. The summed E-state index contributed by atoms with van der Waals surface area (Å²) in [4.78, 5) is 14.3. The van der Waals surface area contributed by atoms with Gasteiger partial charge in [0.15, 0.2) is 0 Å². The summed E-state index contributed by atoms with van der Waals surface area (Å²) in [5.74, 6) is 2.77. The molecule has 1 aliphatic heterocycles. The standard InChI is InChI=1S/C21H27NO3/c1-24-19-8-6-17(7-9-19)4-5-18-12-14-22(15-13-18)21(23)11-10-20-3-2-16-25-20/h2-3,6-9,16,18H,4-5,10-15H2,1H3. The van der Waals surface area contributed by atoms with Gasteiger partial charge in [0.2, 0.25) is 5.91 Å². The van der Waals surface area contributed by atoms with Crippen LogP contribution in [0.25, 0.3) is 0 Å². The highest BCUT2D eigenvalue weighted by Crippen LogP contribution is 2.23. The van der Waals surface area contributed by atoms with Crippen LogP contribution in [0.5, 0.6) is 5.75 Å². The zero-order valence-electron chi connectivity index (χ0n) is 14.9. The molecule has 0 unspecified atom stereocenters. The van der Waals surface area contributed by atoms with Gasteiger partial charge in [0, 0.05) is 25.9 Å². The van der Waals surface area contributed by atoms with Crippen LogP contribution in [-0.4, -0.2) is 31.0 Å². The normalized spacial score (nSPS) is 15.3. The van der Waals surface area contributed by atoms with Gasteiger partial charge in [-0.15, -0.1) is 0 Å². The van der Waals surface area contributed by atoms with E-state index in [1.807, 2.05) is 29.2 Å². The second-order valence-corrected chi connectivity index (χ2v) is 6.79. The molecule has 134 valence electrons. The Hall–Kier alpha value is -2.23. The summed E-state index contributed by atoms with van der Waals surface area (Å²) in [7, 11) is 1.69. The highest BCUT2D eigenvalue weighted by atomic mass is 16.5. The van der Waals surface area contributed by atoms with Crippen molar-refractivity contribution in [2.75, 3.05) is 20.2 Å². The van der Waals surface area contributed by atoms with E-state index in [0.717, 1.165) is 49.8 Å². The first-order valence-electron chi connectivity index (χ1n) is 9.17. The number of benzene rings is 1. The van der Waals surface area contributed by atoms with Gasteiger partial charge in [-0.05, 0) is 61.4 Å². The number of methoxy groups -OCH3 is 1. The van der Waals surface area contributed by atoms with Crippen molar-refractivity contribution in [2.24, 2.45) is 5.92 Å². The van der Waals surface area contributed by atoms with E-state index < -0.39 is 0 Å². The lowest BCUT2D eigenvalue weighted by atomic mass is 9.90. The zero-order chi connectivity index (χ0) is 17.5. The average molecular weight is 341 g/mol. The predicted molar refractivity (Wildman–Crippen MR) is 97.6 cm³/mol. The van der Waals surface area contributed by atoms with Crippen molar-refractivity contribution < 1.29 is 13.9 Å². The van der Waals surface area contributed by atoms with Crippen LogP contribution in [0.2, 0.25) is 0 Å². The van der Waals surface area contributed by atoms with Crippen LogP contribution in [-0.2, 0) is 17.6 Å². The molecule has 1 aliphatic rings. The molecule has 0 saturated carbocycles. The first-order chi connectivity index (χ1) is 12.2. The fourth-order valence-corrected chi connectivity index (χ4v) is 3.48. The molecule has 0 aliphatic carbocycles. The maximum absolute atomic E-state index is 12.3. The summed E-state index contributed by atoms with van der Waals surface area (Å²) < 4.78 is 10.5. The Morgan fingerprint density at radius 1 is 1.16 bits per heavy atom. The van der Waals surface area contributed by atoms with Crippen molar-refractivity contribution in [1.82, 2.24) is 4.90 Å². The van der Waals surface area contributed by atoms with Crippen molar-refractivity contribution in [3.8, 4) is 5.75 Å². The van der Waals surface area contributed by atoms with Gasteiger partial charge in [0.05, 0.1) is 13.4 Å². The highest BCUT2D eigenvalue weighted by Gasteiger charge is 2.22. The Kier molecular flexibility index (Phi) is 6.15. The van der Waals surface area contributed by atoms with Crippen LogP contribution in [0.15, 0.2) is 47.1 Å². The molecular weight excluding hydrogens is 314 g/mol. The molecule has 0 spiro atoms. The molecule has 4 heteroatoms. The smallest absolute Gasteiger partial charge is 0.223 e. The van der Waals surface area contributed by atoms with E-state index in [2.05, 4.69) is 12.1 Å². The molecule has 0 atom stereocenters. The number of furan rings is 1. The summed E-state index contributed by atoms with van der Waals surface area (Å²) >= 11 is 0. The average Bonchev–Trinajstić information content (AvgIpc) is 3.19. The van der Waals surface area contributed by atoms with Crippen LogP contribution in [0.4, 0.5) is 0 Å². The largest absolute Gasteiger partial charge is 0.497 e. The van der Waals surface area contributed by atoms with Gasteiger partial charge >= 0.3 is 0 Å². The molecule has 1 amide bonds. The number of ether oxygens (including phenoxy) is 1. The molecule has 2 heterocycles. The first-order valence-corrected chi connectivity index (χ1v) is 9.17. The van der Waals surface area contributed by atoms with Gasteiger partial charge in [-0.1, -0.05) is 12.1 Å². The second-order valence-electron chi connectivity index (χ2n) is 6.79. The third-order valence-corrected chi connectivity index (χ3v) is 5.13. The lowest BCUT2D eigenvalue weighted by molar-refractivity contribution is -0.132. The summed E-state index contributed by atoms with van der Waals surface area (Å²) in [5, 5.41) is 0. The van der Waals surface area contributed by atoms with E-state index in [1.54, 1.807) is 13.4 Å². The third kappa shape index (κ3) is 5.12. The number of aryl methyl sites for hydroxylation is 2. The monoisotopic (exact) mass is 341 g/mol. The molecule has 0 bridgehead atoms. The number of hydrogen-bond donors (Lipinski definition) is 0. The highest BCUT2D eigenvalue weighted by molar-refractivity contribution is 5.76. The quantitative estimate of drug-likeness (QED) is 0.762. The van der Waals surface area contributed by atoms with E-state index in [9.17, 15) is 4.79 Å². The van der Waals surface area contributed by atoms with Gasteiger partial charge in [-0.25, -0.2) is 0 Å². The lowest BCUT2D eigenvalue weighted by Crippen LogP contribution is -2.38. The summed E-state index contributed by atoms with van der Waals surface area (Å²) in [5.41, 5.74) is 1.36. The fourth-order valence-electron chi connectivity index (χ4n) is 3.48. The van der Waals surface area contributed by atoms with E-state index in [4.69, 9.17) is 9.15 Å². The molecule has 1 saturated heterocycles. The fraction of sp³-hybridized carbons (Fsp3) is 0.476. The van der Waals surface area contributed by atoms with Crippen molar-refractivity contribution in [1.29, 1.82) is 0 Å². The van der Waals surface area contributed by atoms with Gasteiger partial charge in [0.1, 0.15) is 11.5 Å². The number of likely N-dealkylation sites (tertiary alicyclic amines) is 1. The third-order valence-electron chi connectivity index (χ3n) is 5.13. The van der Waals surface area contributed by atoms with E-state index in [1.165, 1.54) is 12.0 Å². The number of rotatable bonds is 7. The van der Waals surface area contributed by atoms with E-state index >= 15 is 0 Å². The number of carbonyl (C=O) groups is 1. The SMILES string of the molecule is COc1ccc(CCC2CCN(C(=O)CCc3ccco3)CC2)cc1. The van der Waals surface area contributed by atoms with Gasteiger partial charge in [-0.2, -0.15) is 0 Å². The maximum atomic E-state index is 12.3. The van der Waals surface area contributed by atoms with Crippen LogP contribution in [0.1, 0.15) is 37.0 Å². The van der Waals surface area contributed by atoms with Crippen LogP contribution >= 0.6 is 0 Å². The number of piperidine rings is 1. The molecule has 0 radical (unpaired) electrons. The van der Waals surface area contributed by atoms with Crippen LogP contribution < -0.4 is 4.74 Å². The Balaban J connectivity index is 1.37. The second kappa shape index (κ2) is 8.75. The number of amides is 1. The number of carbonyl (C=O) groups excluding carboxylic acids is 1. The van der Waals surface area contributed by atoms with Crippen LogP contribution in [0, 0.1) is 5.92 Å². The topological polar surface area (TPSA) is 42.7 Å².